The molecule has 6 heteroatoms. The van der Waals surface area contributed by atoms with E-state index in [0.717, 1.165) is 4.88 Å². The Morgan fingerprint density at radius 1 is 1.37 bits per heavy atom. The SMILES string of the molecule is Cc1ccc(CC(=O)N2CCC(O)(C(=O)O)CC2)s1. The third-order valence-corrected chi connectivity index (χ3v) is 4.46. The number of hydrogen-bond donors (Lipinski definition) is 2. The van der Waals surface area contributed by atoms with E-state index in [2.05, 4.69) is 0 Å². The molecule has 0 atom stereocenters. The Hall–Kier alpha value is -1.40. The predicted molar refractivity (Wildman–Crippen MR) is 71.2 cm³/mol. The summed E-state index contributed by atoms with van der Waals surface area (Å²) in [6, 6.07) is 3.92. The van der Waals surface area contributed by atoms with Crippen LogP contribution in [0.5, 0.6) is 0 Å². The summed E-state index contributed by atoms with van der Waals surface area (Å²) in [6.45, 7) is 2.59. The molecule has 0 aliphatic carbocycles. The zero-order valence-electron chi connectivity index (χ0n) is 10.8. The summed E-state index contributed by atoms with van der Waals surface area (Å²) >= 11 is 1.59. The van der Waals surface area contributed by atoms with E-state index in [0.29, 0.717) is 19.5 Å². The number of aryl methyl sites for hydroxylation is 1. The molecular weight excluding hydrogens is 266 g/mol. The Morgan fingerprint density at radius 3 is 2.47 bits per heavy atom. The standard InChI is InChI=1S/C13H17NO4S/c1-9-2-3-10(19-9)8-11(15)14-6-4-13(18,5-7-14)12(16)17/h2-3,18H,4-8H2,1H3,(H,16,17). The molecule has 5 nitrogen and oxygen atoms in total. The minimum Gasteiger partial charge on any atom is -0.479 e. The number of piperidine rings is 1. The highest BCUT2D eigenvalue weighted by molar-refractivity contribution is 7.12. The Kier molecular flexibility index (Phi) is 3.91. The summed E-state index contributed by atoms with van der Waals surface area (Å²) in [5.41, 5.74) is -1.67. The molecule has 1 aliphatic heterocycles. The maximum absolute atomic E-state index is 12.1. The van der Waals surface area contributed by atoms with E-state index in [1.54, 1.807) is 16.2 Å². The van der Waals surface area contributed by atoms with Crippen LogP contribution in [0.25, 0.3) is 0 Å². The molecule has 2 N–H and O–H groups in total. The number of carboxylic acids is 1. The van der Waals surface area contributed by atoms with Gasteiger partial charge in [0, 0.05) is 35.7 Å². The number of hydrogen-bond acceptors (Lipinski definition) is 4. The number of likely N-dealkylation sites (tertiary alicyclic amines) is 1. The summed E-state index contributed by atoms with van der Waals surface area (Å²) in [7, 11) is 0. The van der Waals surface area contributed by atoms with Crippen molar-refractivity contribution in [1.82, 2.24) is 4.90 Å². The maximum Gasteiger partial charge on any atom is 0.335 e. The fraction of sp³-hybridized carbons (Fsp3) is 0.538. The molecule has 2 heterocycles. The smallest absolute Gasteiger partial charge is 0.335 e. The second-order valence-corrected chi connectivity index (χ2v) is 6.28. The summed E-state index contributed by atoms with van der Waals surface area (Å²) < 4.78 is 0. The Labute approximate surface area is 115 Å². The molecule has 1 aliphatic rings. The van der Waals surface area contributed by atoms with E-state index in [1.807, 2.05) is 19.1 Å². The van der Waals surface area contributed by atoms with Crippen molar-refractivity contribution in [2.24, 2.45) is 0 Å². The molecule has 1 aromatic heterocycles. The Balaban J connectivity index is 1.91. The average molecular weight is 283 g/mol. The van der Waals surface area contributed by atoms with Gasteiger partial charge in [0.05, 0.1) is 6.42 Å². The van der Waals surface area contributed by atoms with Gasteiger partial charge in [-0.05, 0) is 19.1 Å². The Bertz CT molecular complexity index is 489. The van der Waals surface area contributed by atoms with Gasteiger partial charge in [0.1, 0.15) is 0 Å². The molecule has 1 fully saturated rings. The largest absolute Gasteiger partial charge is 0.479 e. The lowest BCUT2D eigenvalue weighted by atomic mass is 9.91. The fourth-order valence-corrected chi connectivity index (χ4v) is 3.06. The van der Waals surface area contributed by atoms with E-state index < -0.39 is 11.6 Å². The number of carbonyl (C=O) groups is 2. The van der Waals surface area contributed by atoms with E-state index in [9.17, 15) is 14.7 Å². The lowest BCUT2D eigenvalue weighted by Gasteiger charge is -2.35. The number of aliphatic hydroxyl groups is 1. The molecule has 19 heavy (non-hydrogen) atoms. The van der Waals surface area contributed by atoms with E-state index >= 15 is 0 Å². The van der Waals surface area contributed by atoms with Gasteiger partial charge in [0.15, 0.2) is 5.60 Å². The number of carbonyl (C=O) groups excluding carboxylic acids is 1. The lowest BCUT2D eigenvalue weighted by Crippen LogP contribution is -2.51. The van der Waals surface area contributed by atoms with Crippen LogP contribution in [0.15, 0.2) is 12.1 Å². The highest BCUT2D eigenvalue weighted by Crippen LogP contribution is 2.23. The monoisotopic (exact) mass is 283 g/mol. The summed E-state index contributed by atoms with van der Waals surface area (Å²) in [5, 5.41) is 18.7. The van der Waals surface area contributed by atoms with Gasteiger partial charge in [0.25, 0.3) is 0 Å². The first-order valence-corrected chi connectivity index (χ1v) is 7.01. The molecule has 2 rings (SSSR count). The first kappa shape index (κ1) is 14.0. The first-order chi connectivity index (χ1) is 8.90. The minimum absolute atomic E-state index is 0.00529. The molecule has 0 saturated carbocycles. The number of amides is 1. The van der Waals surface area contributed by atoms with Crippen molar-refractivity contribution in [3.8, 4) is 0 Å². The molecule has 1 saturated heterocycles. The fourth-order valence-electron chi connectivity index (χ4n) is 2.18. The van der Waals surface area contributed by atoms with Crippen molar-refractivity contribution < 1.29 is 19.8 Å². The van der Waals surface area contributed by atoms with Crippen molar-refractivity contribution >= 4 is 23.2 Å². The van der Waals surface area contributed by atoms with Gasteiger partial charge < -0.3 is 15.1 Å². The maximum atomic E-state index is 12.1. The van der Waals surface area contributed by atoms with Crippen molar-refractivity contribution in [3.05, 3.63) is 21.9 Å². The quantitative estimate of drug-likeness (QED) is 0.869. The summed E-state index contributed by atoms with van der Waals surface area (Å²) in [6.07, 6.45) is 0.541. The van der Waals surface area contributed by atoms with Crippen LogP contribution in [0.4, 0.5) is 0 Å². The van der Waals surface area contributed by atoms with E-state index in [1.165, 1.54) is 4.88 Å². The Morgan fingerprint density at radius 2 is 2.00 bits per heavy atom. The molecule has 0 radical (unpaired) electrons. The number of carboxylic acid groups (broad SMARTS) is 1. The lowest BCUT2D eigenvalue weighted by molar-refractivity contribution is -0.165. The molecule has 0 bridgehead atoms. The number of aliphatic carboxylic acids is 1. The van der Waals surface area contributed by atoms with Crippen LogP contribution in [-0.4, -0.2) is 45.7 Å². The third-order valence-electron chi connectivity index (χ3n) is 3.46. The molecule has 1 aromatic rings. The van der Waals surface area contributed by atoms with Gasteiger partial charge in [0.2, 0.25) is 5.91 Å². The second-order valence-electron chi connectivity index (χ2n) is 4.91. The van der Waals surface area contributed by atoms with Crippen molar-refractivity contribution in [2.45, 2.75) is 31.8 Å². The molecule has 104 valence electrons. The van der Waals surface area contributed by atoms with Gasteiger partial charge in [-0.3, -0.25) is 4.79 Å². The van der Waals surface area contributed by atoms with Gasteiger partial charge >= 0.3 is 5.97 Å². The van der Waals surface area contributed by atoms with Crippen LogP contribution in [0.3, 0.4) is 0 Å². The number of thiophene rings is 1. The van der Waals surface area contributed by atoms with E-state index in [-0.39, 0.29) is 18.7 Å². The van der Waals surface area contributed by atoms with Gasteiger partial charge in [-0.25, -0.2) is 4.79 Å². The number of rotatable bonds is 3. The zero-order chi connectivity index (χ0) is 14.0. The summed E-state index contributed by atoms with van der Waals surface area (Å²) in [5.74, 6) is -1.21. The topological polar surface area (TPSA) is 77.8 Å². The van der Waals surface area contributed by atoms with Gasteiger partial charge in [-0.1, -0.05) is 0 Å². The van der Waals surface area contributed by atoms with Crippen molar-refractivity contribution in [2.75, 3.05) is 13.1 Å². The van der Waals surface area contributed by atoms with Crippen LogP contribution in [-0.2, 0) is 16.0 Å². The highest BCUT2D eigenvalue weighted by Gasteiger charge is 2.40. The zero-order valence-corrected chi connectivity index (χ0v) is 11.6. The molecule has 0 aromatic carbocycles. The van der Waals surface area contributed by atoms with Gasteiger partial charge in [-0.2, -0.15) is 0 Å². The minimum atomic E-state index is -1.67. The molecule has 0 unspecified atom stereocenters. The molecule has 0 spiro atoms. The average Bonchev–Trinajstić information content (AvgIpc) is 2.75. The number of nitrogens with zero attached hydrogens (tertiary/aromatic N) is 1. The van der Waals surface area contributed by atoms with Crippen LogP contribution in [0.1, 0.15) is 22.6 Å². The van der Waals surface area contributed by atoms with Crippen LogP contribution in [0, 0.1) is 6.92 Å². The molecular formula is C13H17NO4S. The second kappa shape index (κ2) is 5.30. The van der Waals surface area contributed by atoms with Gasteiger partial charge in [-0.15, -0.1) is 11.3 Å². The third kappa shape index (κ3) is 3.13. The summed E-state index contributed by atoms with van der Waals surface area (Å²) in [4.78, 5) is 26.8. The predicted octanol–water partition coefficient (Wildman–Crippen LogP) is 1.04. The van der Waals surface area contributed by atoms with E-state index in [4.69, 9.17) is 5.11 Å². The van der Waals surface area contributed by atoms with Crippen LogP contribution in [0.2, 0.25) is 0 Å². The normalized spacial score (nSPS) is 18.3. The van der Waals surface area contributed by atoms with Crippen LogP contribution >= 0.6 is 11.3 Å². The van der Waals surface area contributed by atoms with Crippen molar-refractivity contribution in [3.63, 3.8) is 0 Å². The first-order valence-electron chi connectivity index (χ1n) is 6.19. The van der Waals surface area contributed by atoms with Crippen LogP contribution < -0.4 is 0 Å². The van der Waals surface area contributed by atoms with Crippen molar-refractivity contribution in [1.29, 1.82) is 0 Å². The highest BCUT2D eigenvalue weighted by atomic mass is 32.1. The molecule has 1 amide bonds.